The first-order valence-corrected chi connectivity index (χ1v) is 6.48. The van der Waals surface area contributed by atoms with Crippen LogP contribution in [0.1, 0.15) is 45.9 Å². The van der Waals surface area contributed by atoms with Crippen molar-refractivity contribution in [2.75, 3.05) is 0 Å². The molecule has 0 aliphatic heterocycles. The molecule has 1 aromatic heterocycles. The highest BCUT2D eigenvalue weighted by Crippen LogP contribution is 2.44. The summed E-state index contributed by atoms with van der Waals surface area (Å²) >= 11 is 0. The van der Waals surface area contributed by atoms with E-state index in [9.17, 15) is 5.11 Å². The summed E-state index contributed by atoms with van der Waals surface area (Å²) in [6.07, 6.45) is 7.38. The van der Waals surface area contributed by atoms with Gasteiger partial charge in [-0.25, -0.2) is 4.98 Å². The standard InChI is InChI=1S/C14H24N2O/c1-11-7-13(2,3)10-14(17,8-11)9-12-15-5-6-16(12)4/h5-6,11,17H,7-10H2,1-4H3. The molecule has 1 heterocycles. The van der Waals surface area contributed by atoms with Crippen LogP contribution in [-0.2, 0) is 13.5 Å². The number of nitrogens with zero attached hydrogens (tertiary/aromatic N) is 2. The molecule has 96 valence electrons. The molecule has 0 spiro atoms. The predicted molar refractivity (Wildman–Crippen MR) is 68.7 cm³/mol. The fraction of sp³-hybridized carbons (Fsp3) is 0.786. The lowest BCUT2D eigenvalue weighted by atomic mass is 9.65. The first-order chi connectivity index (χ1) is 7.80. The molecule has 1 fully saturated rings. The minimum Gasteiger partial charge on any atom is -0.389 e. The van der Waals surface area contributed by atoms with Gasteiger partial charge in [-0.2, -0.15) is 0 Å². The lowest BCUT2D eigenvalue weighted by Gasteiger charge is -2.44. The molecule has 1 aliphatic rings. The van der Waals surface area contributed by atoms with E-state index in [1.165, 1.54) is 6.42 Å². The molecule has 3 nitrogen and oxygen atoms in total. The summed E-state index contributed by atoms with van der Waals surface area (Å²) in [6.45, 7) is 6.75. The quantitative estimate of drug-likeness (QED) is 0.857. The van der Waals surface area contributed by atoms with Crippen LogP contribution < -0.4 is 0 Å². The molecule has 2 unspecified atom stereocenters. The second-order valence-electron chi connectivity index (χ2n) is 6.71. The Morgan fingerprint density at radius 2 is 2.18 bits per heavy atom. The maximum absolute atomic E-state index is 10.8. The van der Waals surface area contributed by atoms with Gasteiger partial charge in [0.1, 0.15) is 5.82 Å². The van der Waals surface area contributed by atoms with Crippen LogP contribution in [0.5, 0.6) is 0 Å². The molecule has 1 saturated carbocycles. The van der Waals surface area contributed by atoms with Crippen molar-refractivity contribution in [3.05, 3.63) is 18.2 Å². The molecular formula is C14H24N2O. The highest BCUT2D eigenvalue weighted by atomic mass is 16.3. The van der Waals surface area contributed by atoms with Crippen molar-refractivity contribution in [3.8, 4) is 0 Å². The zero-order chi connectivity index (χ0) is 12.7. The Bertz CT molecular complexity index is 397. The summed E-state index contributed by atoms with van der Waals surface area (Å²) in [5, 5.41) is 10.8. The second kappa shape index (κ2) is 4.13. The first-order valence-electron chi connectivity index (χ1n) is 6.48. The van der Waals surface area contributed by atoms with Gasteiger partial charge >= 0.3 is 0 Å². The maximum Gasteiger partial charge on any atom is 0.111 e. The number of hydrogen-bond donors (Lipinski definition) is 1. The minimum atomic E-state index is -0.583. The van der Waals surface area contributed by atoms with Gasteiger partial charge in [-0.15, -0.1) is 0 Å². The van der Waals surface area contributed by atoms with E-state index in [4.69, 9.17) is 0 Å². The molecule has 17 heavy (non-hydrogen) atoms. The molecule has 3 heteroatoms. The molecule has 2 rings (SSSR count). The van der Waals surface area contributed by atoms with Crippen LogP contribution in [0.15, 0.2) is 12.4 Å². The number of rotatable bonds is 2. The lowest BCUT2D eigenvalue weighted by molar-refractivity contribution is -0.0590. The third-order valence-electron chi connectivity index (χ3n) is 3.85. The van der Waals surface area contributed by atoms with E-state index >= 15 is 0 Å². The topological polar surface area (TPSA) is 38.1 Å². The van der Waals surface area contributed by atoms with Crippen molar-refractivity contribution in [1.29, 1.82) is 0 Å². The number of aliphatic hydroxyl groups is 1. The smallest absolute Gasteiger partial charge is 0.111 e. The van der Waals surface area contributed by atoms with E-state index in [0.29, 0.717) is 12.3 Å². The Morgan fingerprint density at radius 3 is 2.71 bits per heavy atom. The lowest BCUT2D eigenvalue weighted by Crippen LogP contribution is -2.44. The van der Waals surface area contributed by atoms with Crippen molar-refractivity contribution in [2.45, 2.75) is 52.1 Å². The number of imidazole rings is 1. The van der Waals surface area contributed by atoms with Crippen molar-refractivity contribution in [3.63, 3.8) is 0 Å². The van der Waals surface area contributed by atoms with Crippen LogP contribution in [0.3, 0.4) is 0 Å². The Labute approximate surface area is 104 Å². The van der Waals surface area contributed by atoms with Crippen LogP contribution in [0.4, 0.5) is 0 Å². The summed E-state index contributed by atoms with van der Waals surface area (Å²) in [5.41, 5.74) is -0.349. The van der Waals surface area contributed by atoms with Crippen molar-refractivity contribution < 1.29 is 5.11 Å². The molecule has 0 aromatic carbocycles. The molecular weight excluding hydrogens is 212 g/mol. The third-order valence-corrected chi connectivity index (χ3v) is 3.85. The van der Waals surface area contributed by atoms with E-state index in [2.05, 4.69) is 25.8 Å². The largest absolute Gasteiger partial charge is 0.389 e. The van der Waals surface area contributed by atoms with Gasteiger partial charge in [0.15, 0.2) is 0 Å². The Kier molecular flexibility index (Phi) is 3.06. The summed E-state index contributed by atoms with van der Waals surface area (Å²) < 4.78 is 2.00. The van der Waals surface area contributed by atoms with Gasteiger partial charge in [-0.1, -0.05) is 20.8 Å². The molecule has 1 aromatic rings. The number of hydrogen-bond acceptors (Lipinski definition) is 2. The molecule has 0 bridgehead atoms. The maximum atomic E-state index is 10.8. The van der Waals surface area contributed by atoms with Crippen LogP contribution in [0.2, 0.25) is 0 Å². The SMILES string of the molecule is CC1CC(C)(C)CC(O)(Cc2nccn2C)C1. The fourth-order valence-electron chi connectivity index (χ4n) is 3.70. The van der Waals surface area contributed by atoms with Gasteiger partial charge in [0.25, 0.3) is 0 Å². The molecule has 0 radical (unpaired) electrons. The van der Waals surface area contributed by atoms with E-state index in [-0.39, 0.29) is 5.41 Å². The highest BCUT2D eigenvalue weighted by molar-refractivity contribution is 5.02. The van der Waals surface area contributed by atoms with E-state index in [0.717, 1.165) is 18.7 Å². The second-order valence-corrected chi connectivity index (χ2v) is 6.71. The van der Waals surface area contributed by atoms with Gasteiger partial charge in [0, 0.05) is 25.9 Å². The van der Waals surface area contributed by atoms with Crippen LogP contribution in [-0.4, -0.2) is 20.3 Å². The van der Waals surface area contributed by atoms with Crippen molar-refractivity contribution in [2.24, 2.45) is 18.4 Å². The van der Waals surface area contributed by atoms with Crippen molar-refractivity contribution >= 4 is 0 Å². The average molecular weight is 236 g/mol. The fourth-order valence-corrected chi connectivity index (χ4v) is 3.70. The van der Waals surface area contributed by atoms with Gasteiger partial charge in [0.05, 0.1) is 5.60 Å². The van der Waals surface area contributed by atoms with Gasteiger partial charge < -0.3 is 9.67 Å². The van der Waals surface area contributed by atoms with Crippen LogP contribution >= 0.6 is 0 Å². The molecule has 1 N–H and O–H groups in total. The summed E-state index contributed by atoms with van der Waals surface area (Å²) in [7, 11) is 1.99. The monoisotopic (exact) mass is 236 g/mol. The molecule has 0 saturated heterocycles. The highest BCUT2D eigenvalue weighted by Gasteiger charge is 2.42. The van der Waals surface area contributed by atoms with E-state index in [1.807, 2.05) is 17.8 Å². The average Bonchev–Trinajstić information content (AvgIpc) is 2.46. The van der Waals surface area contributed by atoms with E-state index in [1.54, 1.807) is 6.20 Å². The molecule has 2 atom stereocenters. The summed E-state index contributed by atoms with van der Waals surface area (Å²) in [4.78, 5) is 4.33. The Balaban J connectivity index is 2.16. The Morgan fingerprint density at radius 1 is 1.47 bits per heavy atom. The number of aryl methyl sites for hydroxylation is 1. The zero-order valence-electron chi connectivity index (χ0n) is 11.4. The van der Waals surface area contributed by atoms with E-state index < -0.39 is 5.60 Å². The normalized spacial score (nSPS) is 32.6. The predicted octanol–water partition coefficient (Wildman–Crippen LogP) is 2.54. The van der Waals surface area contributed by atoms with Gasteiger partial charge in [0.2, 0.25) is 0 Å². The minimum absolute atomic E-state index is 0.234. The number of aromatic nitrogens is 2. The zero-order valence-corrected chi connectivity index (χ0v) is 11.4. The first kappa shape index (κ1) is 12.6. The third kappa shape index (κ3) is 2.89. The summed E-state index contributed by atoms with van der Waals surface area (Å²) in [5.74, 6) is 1.57. The Hall–Kier alpha value is -0.830. The van der Waals surface area contributed by atoms with Gasteiger partial charge in [-0.3, -0.25) is 0 Å². The van der Waals surface area contributed by atoms with Crippen LogP contribution in [0.25, 0.3) is 0 Å². The van der Waals surface area contributed by atoms with Crippen molar-refractivity contribution in [1.82, 2.24) is 9.55 Å². The summed E-state index contributed by atoms with van der Waals surface area (Å²) in [6, 6.07) is 0. The van der Waals surface area contributed by atoms with Gasteiger partial charge in [-0.05, 0) is 30.6 Å². The van der Waals surface area contributed by atoms with Crippen LogP contribution in [0, 0.1) is 11.3 Å². The molecule has 0 amide bonds. The molecule has 1 aliphatic carbocycles.